The van der Waals surface area contributed by atoms with Crippen molar-refractivity contribution in [3.8, 4) is 0 Å². The molecule has 7 heteroatoms. The molecule has 0 spiro atoms. The molecule has 0 unspecified atom stereocenters. The molecule has 0 radical (unpaired) electrons. The van der Waals surface area contributed by atoms with Crippen LogP contribution in [0, 0.1) is 0 Å². The zero-order chi connectivity index (χ0) is 16.2. The second kappa shape index (κ2) is 7.48. The zero-order valence-corrected chi connectivity index (χ0v) is 14.5. The summed E-state index contributed by atoms with van der Waals surface area (Å²) < 4.78 is 28.4. The average molecular weight is 343 g/mol. The molecule has 1 fully saturated rings. The number of benzene rings is 1. The van der Waals surface area contributed by atoms with Crippen LogP contribution in [0.15, 0.2) is 34.1 Å². The van der Waals surface area contributed by atoms with Gasteiger partial charge in [-0.2, -0.15) is 0 Å². The largest absolute Gasteiger partial charge is 0.375 e. The van der Waals surface area contributed by atoms with E-state index in [0.29, 0.717) is 30.3 Å². The molecule has 1 aromatic rings. The quantitative estimate of drug-likeness (QED) is 0.763. The number of carbonyl (C=O) groups excluding carboxylic acids is 1. The maximum Gasteiger partial charge on any atom is 0.233 e. The topological polar surface area (TPSA) is 63.7 Å². The average Bonchev–Trinajstić information content (AvgIpc) is 2.52. The van der Waals surface area contributed by atoms with E-state index >= 15 is 0 Å². The van der Waals surface area contributed by atoms with Crippen LogP contribution in [0.5, 0.6) is 0 Å². The van der Waals surface area contributed by atoms with Crippen molar-refractivity contribution in [2.24, 2.45) is 0 Å². The fraction of sp³-hybridized carbons (Fsp3) is 0.533. The van der Waals surface area contributed by atoms with Gasteiger partial charge in [0.1, 0.15) is 0 Å². The first-order valence-electron chi connectivity index (χ1n) is 7.22. The van der Waals surface area contributed by atoms with Crippen molar-refractivity contribution >= 4 is 27.5 Å². The van der Waals surface area contributed by atoms with Gasteiger partial charge in [0, 0.05) is 24.2 Å². The third-order valence-corrected chi connectivity index (χ3v) is 5.69. The van der Waals surface area contributed by atoms with Crippen molar-refractivity contribution in [3.05, 3.63) is 24.3 Å². The summed E-state index contributed by atoms with van der Waals surface area (Å²) in [5, 5.41) is 0. The third kappa shape index (κ3) is 4.72. The first-order chi connectivity index (χ1) is 10.4. The van der Waals surface area contributed by atoms with E-state index in [2.05, 4.69) is 6.92 Å². The zero-order valence-electron chi connectivity index (χ0n) is 12.8. The van der Waals surface area contributed by atoms with Gasteiger partial charge in [-0.25, -0.2) is 8.42 Å². The van der Waals surface area contributed by atoms with Gasteiger partial charge < -0.3 is 9.64 Å². The van der Waals surface area contributed by atoms with Gasteiger partial charge in [-0.05, 0) is 30.7 Å². The summed E-state index contributed by atoms with van der Waals surface area (Å²) in [6, 6.07) is 6.62. The summed E-state index contributed by atoms with van der Waals surface area (Å²) in [6.45, 7) is 3.94. The summed E-state index contributed by atoms with van der Waals surface area (Å²) in [7, 11) is -3.18. The monoisotopic (exact) mass is 343 g/mol. The van der Waals surface area contributed by atoms with Crippen LogP contribution in [0.25, 0.3) is 0 Å². The van der Waals surface area contributed by atoms with Gasteiger partial charge in [-0.1, -0.05) is 6.92 Å². The Kier molecular flexibility index (Phi) is 5.88. The summed E-state index contributed by atoms with van der Waals surface area (Å²) in [4.78, 5) is 15.2. The van der Waals surface area contributed by atoms with E-state index in [4.69, 9.17) is 4.74 Å². The molecule has 22 heavy (non-hydrogen) atoms. The second-order valence-corrected chi connectivity index (χ2v) is 8.34. The lowest BCUT2D eigenvalue weighted by molar-refractivity contribution is -0.135. The van der Waals surface area contributed by atoms with E-state index in [-0.39, 0.29) is 12.0 Å². The molecule has 1 atom stereocenters. The van der Waals surface area contributed by atoms with Crippen LogP contribution in [0.4, 0.5) is 0 Å². The third-order valence-electron chi connectivity index (χ3n) is 3.56. The van der Waals surface area contributed by atoms with E-state index in [9.17, 15) is 13.2 Å². The number of rotatable bonds is 5. The smallest absolute Gasteiger partial charge is 0.233 e. The first kappa shape index (κ1) is 17.3. The molecule has 0 aliphatic carbocycles. The van der Waals surface area contributed by atoms with E-state index < -0.39 is 9.84 Å². The van der Waals surface area contributed by atoms with Crippen LogP contribution in [-0.2, 0) is 19.4 Å². The van der Waals surface area contributed by atoms with Crippen molar-refractivity contribution in [3.63, 3.8) is 0 Å². The highest BCUT2D eigenvalue weighted by Gasteiger charge is 2.22. The van der Waals surface area contributed by atoms with Gasteiger partial charge in [0.15, 0.2) is 9.84 Å². The molecule has 1 aromatic carbocycles. The Morgan fingerprint density at radius 3 is 2.64 bits per heavy atom. The number of hydrogen-bond donors (Lipinski definition) is 0. The number of amides is 1. The summed E-state index contributed by atoms with van der Waals surface area (Å²) >= 11 is 1.42. The summed E-state index contributed by atoms with van der Waals surface area (Å²) in [5.41, 5.74) is 0. The molecule has 1 heterocycles. The Hall–Kier alpha value is -1.05. The molecule has 0 saturated carbocycles. The van der Waals surface area contributed by atoms with Gasteiger partial charge in [0.2, 0.25) is 5.91 Å². The Bertz CT molecular complexity index is 613. The number of ether oxygens (including phenoxy) is 1. The van der Waals surface area contributed by atoms with Gasteiger partial charge >= 0.3 is 0 Å². The SMILES string of the molecule is CC[C@H]1CN(C(=O)CSc2ccc(S(C)(=O)=O)cc2)CCO1. The fourth-order valence-corrected chi connectivity index (χ4v) is 3.64. The molecule has 0 N–H and O–H groups in total. The van der Waals surface area contributed by atoms with Crippen molar-refractivity contribution in [1.82, 2.24) is 4.90 Å². The van der Waals surface area contributed by atoms with Crippen molar-refractivity contribution in [2.75, 3.05) is 31.7 Å². The summed E-state index contributed by atoms with van der Waals surface area (Å²) in [5.74, 6) is 0.452. The van der Waals surface area contributed by atoms with Crippen molar-refractivity contribution < 1.29 is 17.9 Å². The van der Waals surface area contributed by atoms with Crippen LogP contribution in [0.3, 0.4) is 0 Å². The highest BCUT2D eigenvalue weighted by molar-refractivity contribution is 8.00. The molecular weight excluding hydrogens is 322 g/mol. The Morgan fingerprint density at radius 2 is 2.05 bits per heavy atom. The first-order valence-corrected chi connectivity index (χ1v) is 10.1. The minimum Gasteiger partial charge on any atom is -0.375 e. The second-order valence-electron chi connectivity index (χ2n) is 5.27. The highest BCUT2D eigenvalue weighted by Crippen LogP contribution is 2.21. The van der Waals surface area contributed by atoms with Gasteiger partial charge in [0.25, 0.3) is 0 Å². The van der Waals surface area contributed by atoms with Crippen molar-refractivity contribution in [2.45, 2.75) is 29.2 Å². The molecule has 1 amide bonds. The molecular formula is C15H21NO4S2. The number of thioether (sulfide) groups is 1. The van der Waals surface area contributed by atoms with E-state index in [0.717, 1.165) is 11.3 Å². The lowest BCUT2D eigenvalue weighted by Crippen LogP contribution is -2.46. The van der Waals surface area contributed by atoms with Crippen molar-refractivity contribution in [1.29, 1.82) is 0 Å². The Labute approximate surface area is 135 Å². The number of carbonyl (C=O) groups is 1. The van der Waals surface area contributed by atoms with Crippen LogP contribution < -0.4 is 0 Å². The number of hydrogen-bond acceptors (Lipinski definition) is 5. The van der Waals surface area contributed by atoms with Gasteiger partial charge in [0.05, 0.1) is 23.4 Å². The Morgan fingerprint density at radius 1 is 1.36 bits per heavy atom. The standard InChI is InChI=1S/C15H21NO4S2/c1-3-12-10-16(8-9-20-12)15(17)11-21-13-4-6-14(7-5-13)22(2,18)19/h4-7,12H,3,8-11H2,1-2H3/t12-/m0/s1. The van der Waals surface area contributed by atoms with Crippen LogP contribution >= 0.6 is 11.8 Å². The maximum absolute atomic E-state index is 12.2. The van der Waals surface area contributed by atoms with Crippen LogP contribution in [0.1, 0.15) is 13.3 Å². The molecule has 122 valence electrons. The lowest BCUT2D eigenvalue weighted by atomic mass is 10.2. The number of sulfone groups is 1. The number of nitrogens with zero attached hydrogens (tertiary/aromatic N) is 1. The molecule has 0 aromatic heterocycles. The summed E-state index contributed by atoms with van der Waals surface area (Å²) in [6.07, 6.45) is 2.22. The van der Waals surface area contributed by atoms with E-state index in [1.165, 1.54) is 18.0 Å². The highest BCUT2D eigenvalue weighted by atomic mass is 32.2. The predicted molar refractivity (Wildman–Crippen MR) is 86.9 cm³/mol. The Balaban J connectivity index is 1.88. The van der Waals surface area contributed by atoms with E-state index in [1.807, 2.05) is 4.90 Å². The van der Waals surface area contributed by atoms with Crippen LogP contribution in [-0.4, -0.2) is 57.0 Å². The normalized spacial score (nSPS) is 19.2. The maximum atomic E-state index is 12.2. The fourth-order valence-electron chi connectivity index (χ4n) is 2.21. The minimum atomic E-state index is -3.18. The lowest BCUT2D eigenvalue weighted by Gasteiger charge is -2.32. The van der Waals surface area contributed by atoms with Gasteiger partial charge in [-0.3, -0.25) is 4.79 Å². The molecule has 0 bridgehead atoms. The molecule has 2 rings (SSSR count). The number of morpholine rings is 1. The minimum absolute atomic E-state index is 0.0962. The molecule has 1 aliphatic heterocycles. The van der Waals surface area contributed by atoms with Gasteiger partial charge in [-0.15, -0.1) is 11.8 Å². The molecule has 5 nitrogen and oxygen atoms in total. The van der Waals surface area contributed by atoms with Crippen LogP contribution in [0.2, 0.25) is 0 Å². The molecule has 1 aliphatic rings. The van der Waals surface area contributed by atoms with E-state index in [1.54, 1.807) is 24.3 Å². The molecule has 1 saturated heterocycles. The predicted octanol–water partition coefficient (Wildman–Crippen LogP) is 1.82.